The molecule has 0 atom stereocenters. The summed E-state index contributed by atoms with van der Waals surface area (Å²) in [7, 11) is 0. The van der Waals surface area contributed by atoms with Gasteiger partial charge in [-0.25, -0.2) is 0 Å². The first-order chi connectivity index (χ1) is 7.03. The first-order valence-electron chi connectivity index (χ1n) is 5.33. The fraction of sp³-hybridized carbons (Fsp3) is 0.909. The van der Waals surface area contributed by atoms with Crippen LogP contribution in [0.3, 0.4) is 0 Å². The Labute approximate surface area is 94.2 Å². The first kappa shape index (κ1) is 15.3. The lowest BCUT2D eigenvalue weighted by Gasteiger charge is -2.26. The Morgan fingerprint density at radius 1 is 1.19 bits per heavy atom. The van der Waals surface area contributed by atoms with Crippen LogP contribution < -0.4 is 0 Å². The number of ether oxygens (including phenoxy) is 1. The largest absolute Gasteiger partial charge is 0.459 e. The zero-order valence-electron chi connectivity index (χ0n) is 10.1. The van der Waals surface area contributed by atoms with E-state index in [-0.39, 0.29) is 24.7 Å². The van der Waals surface area contributed by atoms with E-state index in [1.807, 2.05) is 0 Å². The van der Waals surface area contributed by atoms with E-state index < -0.39 is 18.2 Å². The van der Waals surface area contributed by atoms with Gasteiger partial charge < -0.3 is 4.74 Å². The van der Waals surface area contributed by atoms with Crippen molar-refractivity contribution < 1.29 is 22.7 Å². The first-order valence-corrected chi connectivity index (χ1v) is 5.33. The molecule has 0 spiro atoms. The fourth-order valence-electron chi connectivity index (χ4n) is 1.16. The van der Waals surface area contributed by atoms with Gasteiger partial charge in [0.1, 0.15) is 5.60 Å². The molecule has 0 rings (SSSR count). The number of esters is 1. The minimum Gasteiger partial charge on any atom is -0.459 e. The molecule has 0 saturated carbocycles. The van der Waals surface area contributed by atoms with Crippen LogP contribution in [0.1, 0.15) is 47.0 Å². The summed E-state index contributed by atoms with van der Waals surface area (Å²) in [6, 6.07) is 0. The van der Waals surface area contributed by atoms with Crippen molar-refractivity contribution in [1.82, 2.24) is 0 Å². The molecule has 0 aliphatic heterocycles. The molecular weight excluding hydrogens is 221 g/mol. The van der Waals surface area contributed by atoms with Gasteiger partial charge in [-0.3, -0.25) is 4.79 Å². The summed E-state index contributed by atoms with van der Waals surface area (Å²) >= 11 is 0. The van der Waals surface area contributed by atoms with Crippen LogP contribution in [0.25, 0.3) is 0 Å². The van der Waals surface area contributed by atoms with Crippen LogP contribution in [0.4, 0.5) is 13.2 Å². The molecule has 0 unspecified atom stereocenters. The lowest BCUT2D eigenvalue weighted by atomic mass is 10.0. The SMILES string of the molecule is CC(C)C(=O)OC(C)(C)CCCC(F)(F)F. The van der Waals surface area contributed by atoms with E-state index in [1.54, 1.807) is 27.7 Å². The van der Waals surface area contributed by atoms with Gasteiger partial charge in [0, 0.05) is 6.42 Å². The van der Waals surface area contributed by atoms with Crippen molar-refractivity contribution in [2.24, 2.45) is 5.92 Å². The summed E-state index contributed by atoms with van der Waals surface area (Å²) in [6.45, 7) is 6.63. The van der Waals surface area contributed by atoms with E-state index in [4.69, 9.17) is 4.74 Å². The Hall–Kier alpha value is -0.740. The van der Waals surface area contributed by atoms with Crippen LogP contribution in [0.5, 0.6) is 0 Å². The summed E-state index contributed by atoms with van der Waals surface area (Å²) in [4.78, 5) is 11.3. The topological polar surface area (TPSA) is 26.3 Å². The molecule has 0 aromatic rings. The summed E-state index contributed by atoms with van der Waals surface area (Å²) in [5.41, 5.74) is -0.827. The van der Waals surface area contributed by atoms with Crippen molar-refractivity contribution in [2.75, 3.05) is 0 Å². The zero-order chi connectivity index (χ0) is 13.0. The maximum Gasteiger partial charge on any atom is 0.389 e. The number of carbonyl (C=O) groups is 1. The number of rotatable bonds is 5. The monoisotopic (exact) mass is 240 g/mol. The number of alkyl halides is 3. The van der Waals surface area contributed by atoms with Crippen LogP contribution >= 0.6 is 0 Å². The third-order valence-electron chi connectivity index (χ3n) is 2.09. The highest BCUT2D eigenvalue weighted by Gasteiger charge is 2.30. The van der Waals surface area contributed by atoms with Gasteiger partial charge in [0.25, 0.3) is 0 Å². The van der Waals surface area contributed by atoms with Gasteiger partial charge in [0.2, 0.25) is 0 Å². The second-order valence-electron chi connectivity index (χ2n) is 4.80. The van der Waals surface area contributed by atoms with Crippen molar-refractivity contribution in [3.05, 3.63) is 0 Å². The van der Waals surface area contributed by atoms with Crippen molar-refractivity contribution in [3.8, 4) is 0 Å². The predicted octanol–water partition coefficient (Wildman–Crippen LogP) is 3.70. The van der Waals surface area contributed by atoms with Crippen LogP contribution in [-0.2, 0) is 9.53 Å². The van der Waals surface area contributed by atoms with E-state index in [9.17, 15) is 18.0 Å². The summed E-state index contributed by atoms with van der Waals surface area (Å²) in [6.07, 6.45) is -4.79. The van der Waals surface area contributed by atoms with Crippen molar-refractivity contribution in [1.29, 1.82) is 0 Å². The van der Waals surface area contributed by atoms with Gasteiger partial charge in [0.15, 0.2) is 0 Å². The summed E-state index contributed by atoms with van der Waals surface area (Å²) < 4.78 is 40.8. The third kappa shape index (κ3) is 7.54. The van der Waals surface area contributed by atoms with Crippen LogP contribution in [0.15, 0.2) is 0 Å². The summed E-state index contributed by atoms with van der Waals surface area (Å²) in [5, 5.41) is 0. The van der Waals surface area contributed by atoms with Gasteiger partial charge in [-0.2, -0.15) is 13.2 Å². The highest BCUT2D eigenvalue weighted by molar-refractivity contribution is 5.71. The van der Waals surface area contributed by atoms with Crippen molar-refractivity contribution >= 4 is 5.97 Å². The van der Waals surface area contributed by atoms with Gasteiger partial charge in [-0.05, 0) is 26.7 Å². The lowest BCUT2D eigenvalue weighted by Crippen LogP contribution is -2.30. The van der Waals surface area contributed by atoms with E-state index in [0.29, 0.717) is 0 Å². The predicted molar refractivity (Wildman–Crippen MR) is 54.9 cm³/mol. The number of hydrogen-bond acceptors (Lipinski definition) is 2. The van der Waals surface area contributed by atoms with Gasteiger partial charge in [-0.15, -0.1) is 0 Å². The highest BCUT2D eigenvalue weighted by atomic mass is 19.4. The Kier molecular flexibility index (Phi) is 5.29. The smallest absolute Gasteiger partial charge is 0.389 e. The number of carbonyl (C=O) groups excluding carboxylic acids is 1. The zero-order valence-corrected chi connectivity index (χ0v) is 10.1. The van der Waals surface area contributed by atoms with Gasteiger partial charge in [0.05, 0.1) is 5.92 Å². The summed E-state index contributed by atoms with van der Waals surface area (Å²) in [5.74, 6) is -0.640. The molecule has 0 aromatic carbocycles. The van der Waals surface area contributed by atoms with E-state index >= 15 is 0 Å². The highest BCUT2D eigenvalue weighted by Crippen LogP contribution is 2.26. The molecule has 0 saturated heterocycles. The van der Waals surface area contributed by atoms with E-state index in [0.717, 1.165) is 0 Å². The molecule has 16 heavy (non-hydrogen) atoms. The lowest BCUT2D eigenvalue weighted by molar-refractivity contribution is -0.162. The average Bonchev–Trinajstić information content (AvgIpc) is 1.99. The maximum absolute atomic E-state index is 11.9. The average molecular weight is 240 g/mol. The molecule has 0 aliphatic rings. The Morgan fingerprint density at radius 2 is 1.69 bits per heavy atom. The molecule has 0 aromatic heterocycles. The molecule has 0 heterocycles. The van der Waals surface area contributed by atoms with Crippen molar-refractivity contribution in [2.45, 2.75) is 58.7 Å². The normalized spacial score (nSPS) is 13.0. The third-order valence-corrected chi connectivity index (χ3v) is 2.09. The Balaban J connectivity index is 4.01. The molecule has 0 aliphatic carbocycles. The van der Waals surface area contributed by atoms with Gasteiger partial charge in [-0.1, -0.05) is 13.8 Å². The fourth-order valence-corrected chi connectivity index (χ4v) is 1.16. The van der Waals surface area contributed by atoms with Crippen LogP contribution in [-0.4, -0.2) is 17.7 Å². The molecule has 0 N–H and O–H groups in total. The standard InChI is InChI=1S/C11H19F3O2/c1-8(2)9(15)16-10(3,4)6-5-7-11(12,13)14/h8H,5-7H2,1-4H3. The molecule has 2 nitrogen and oxygen atoms in total. The van der Waals surface area contributed by atoms with Gasteiger partial charge >= 0.3 is 12.1 Å². The van der Waals surface area contributed by atoms with E-state index in [2.05, 4.69) is 0 Å². The quantitative estimate of drug-likeness (QED) is 0.685. The number of halogens is 3. The molecule has 0 fully saturated rings. The van der Waals surface area contributed by atoms with Crippen LogP contribution in [0.2, 0.25) is 0 Å². The minimum absolute atomic E-state index is 0.0259. The second-order valence-corrected chi connectivity index (χ2v) is 4.80. The molecule has 0 amide bonds. The molecule has 0 bridgehead atoms. The second kappa shape index (κ2) is 5.55. The molecular formula is C11H19F3O2. The molecule has 5 heteroatoms. The minimum atomic E-state index is -4.14. The van der Waals surface area contributed by atoms with Crippen molar-refractivity contribution in [3.63, 3.8) is 0 Å². The van der Waals surface area contributed by atoms with Crippen LogP contribution in [0, 0.1) is 5.92 Å². The molecule has 0 radical (unpaired) electrons. The Bertz CT molecular complexity index is 232. The Morgan fingerprint density at radius 3 is 2.06 bits per heavy atom. The maximum atomic E-state index is 11.9. The van der Waals surface area contributed by atoms with E-state index in [1.165, 1.54) is 0 Å². The number of hydrogen-bond donors (Lipinski definition) is 0. The molecule has 96 valence electrons.